The van der Waals surface area contributed by atoms with Crippen LogP contribution in [-0.4, -0.2) is 6.61 Å². The summed E-state index contributed by atoms with van der Waals surface area (Å²) < 4.78 is 10.8. The summed E-state index contributed by atoms with van der Waals surface area (Å²) in [5.41, 5.74) is 3.49. The Bertz CT molecular complexity index is 505. The summed E-state index contributed by atoms with van der Waals surface area (Å²) in [6, 6.07) is 8.43. The van der Waals surface area contributed by atoms with Gasteiger partial charge in [-0.25, -0.2) is 0 Å². The zero-order valence-corrected chi connectivity index (χ0v) is 9.77. The van der Waals surface area contributed by atoms with Crippen LogP contribution in [0.3, 0.4) is 0 Å². The highest BCUT2D eigenvalue weighted by molar-refractivity contribution is 5.62. The van der Waals surface area contributed by atoms with Crippen molar-refractivity contribution >= 4 is 5.69 Å². The van der Waals surface area contributed by atoms with E-state index in [1.807, 2.05) is 6.07 Å². The van der Waals surface area contributed by atoms with Gasteiger partial charge in [0.05, 0.1) is 30.9 Å². The topological polar surface area (TPSA) is 34.4 Å². The van der Waals surface area contributed by atoms with Gasteiger partial charge < -0.3 is 14.5 Å². The fourth-order valence-corrected chi connectivity index (χ4v) is 2.17. The van der Waals surface area contributed by atoms with Crippen LogP contribution in [0.4, 0.5) is 5.69 Å². The smallest absolute Gasteiger partial charge is 0.145 e. The van der Waals surface area contributed by atoms with E-state index in [-0.39, 0.29) is 6.04 Å². The Morgan fingerprint density at radius 1 is 1.29 bits per heavy atom. The molecule has 1 unspecified atom stereocenters. The molecule has 1 aliphatic heterocycles. The normalized spacial score (nSPS) is 15.1. The third-order valence-electron chi connectivity index (χ3n) is 3.13. The Kier molecular flexibility index (Phi) is 2.52. The first-order chi connectivity index (χ1) is 8.34. The van der Waals surface area contributed by atoms with Crippen molar-refractivity contribution < 1.29 is 9.15 Å². The molecule has 0 bridgehead atoms. The number of para-hydroxylation sites is 1. The largest absolute Gasteiger partial charge is 0.491 e. The molecule has 1 aliphatic rings. The zero-order valence-electron chi connectivity index (χ0n) is 9.77. The number of fused-ring (bicyclic) bond motifs is 1. The molecule has 0 amide bonds. The molecule has 3 heteroatoms. The second-order valence-electron chi connectivity index (χ2n) is 4.31. The fraction of sp³-hybridized carbons (Fsp3) is 0.286. The van der Waals surface area contributed by atoms with Crippen LogP contribution in [0.2, 0.25) is 0 Å². The second-order valence-corrected chi connectivity index (χ2v) is 4.31. The van der Waals surface area contributed by atoms with Gasteiger partial charge in [0, 0.05) is 12.0 Å². The Balaban J connectivity index is 1.84. The SMILES string of the molecule is CC(Nc1cccc2c1OCC2)c1ccoc1. The van der Waals surface area contributed by atoms with E-state index in [2.05, 4.69) is 30.4 Å². The number of hydrogen-bond donors (Lipinski definition) is 1. The van der Waals surface area contributed by atoms with Crippen LogP contribution in [0.5, 0.6) is 5.75 Å². The molecule has 3 nitrogen and oxygen atoms in total. The van der Waals surface area contributed by atoms with Gasteiger partial charge in [0.25, 0.3) is 0 Å². The van der Waals surface area contributed by atoms with E-state index in [1.54, 1.807) is 12.5 Å². The zero-order chi connectivity index (χ0) is 11.7. The van der Waals surface area contributed by atoms with Gasteiger partial charge in [-0.3, -0.25) is 0 Å². The van der Waals surface area contributed by atoms with Gasteiger partial charge >= 0.3 is 0 Å². The van der Waals surface area contributed by atoms with Crippen molar-refractivity contribution in [2.45, 2.75) is 19.4 Å². The minimum atomic E-state index is 0.212. The monoisotopic (exact) mass is 229 g/mol. The summed E-state index contributed by atoms with van der Waals surface area (Å²) in [5.74, 6) is 1.00. The second kappa shape index (κ2) is 4.17. The number of furan rings is 1. The molecule has 2 heterocycles. The molecule has 0 radical (unpaired) electrons. The van der Waals surface area contributed by atoms with Gasteiger partial charge in [0.15, 0.2) is 0 Å². The molecule has 88 valence electrons. The van der Waals surface area contributed by atoms with Crippen molar-refractivity contribution in [3.05, 3.63) is 47.9 Å². The molecule has 17 heavy (non-hydrogen) atoms. The lowest BCUT2D eigenvalue weighted by Crippen LogP contribution is -2.06. The minimum Gasteiger partial charge on any atom is -0.491 e. The summed E-state index contributed by atoms with van der Waals surface area (Å²) in [6.07, 6.45) is 4.46. The Morgan fingerprint density at radius 3 is 3.06 bits per heavy atom. The van der Waals surface area contributed by atoms with E-state index in [9.17, 15) is 0 Å². The van der Waals surface area contributed by atoms with Crippen LogP contribution in [-0.2, 0) is 6.42 Å². The van der Waals surface area contributed by atoms with E-state index >= 15 is 0 Å². The predicted molar refractivity (Wildman–Crippen MR) is 66.4 cm³/mol. The molecule has 2 aromatic rings. The molecule has 1 aromatic carbocycles. The lowest BCUT2D eigenvalue weighted by Gasteiger charge is -2.16. The maximum atomic E-state index is 5.66. The predicted octanol–water partition coefficient (Wildman–Crippen LogP) is 3.39. The third kappa shape index (κ3) is 1.88. The van der Waals surface area contributed by atoms with Gasteiger partial charge in [-0.05, 0) is 24.6 Å². The van der Waals surface area contributed by atoms with Crippen molar-refractivity contribution in [3.8, 4) is 5.75 Å². The Morgan fingerprint density at radius 2 is 2.24 bits per heavy atom. The number of anilines is 1. The standard InChI is InChI=1S/C14H15NO2/c1-10(12-5-7-16-9-12)15-13-4-2-3-11-6-8-17-14(11)13/h2-5,7,9-10,15H,6,8H2,1H3. The highest BCUT2D eigenvalue weighted by Gasteiger charge is 2.17. The Labute approximate surface area is 100 Å². The van der Waals surface area contributed by atoms with Gasteiger partial charge in [-0.1, -0.05) is 12.1 Å². The first-order valence-corrected chi connectivity index (χ1v) is 5.88. The number of hydrogen-bond acceptors (Lipinski definition) is 3. The quantitative estimate of drug-likeness (QED) is 0.876. The number of ether oxygens (including phenoxy) is 1. The third-order valence-corrected chi connectivity index (χ3v) is 3.13. The average Bonchev–Trinajstić information content (AvgIpc) is 3.00. The van der Waals surface area contributed by atoms with Crippen molar-refractivity contribution in [2.75, 3.05) is 11.9 Å². The van der Waals surface area contributed by atoms with E-state index in [1.165, 1.54) is 5.56 Å². The Hall–Kier alpha value is -1.90. The van der Waals surface area contributed by atoms with Crippen LogP contribution in [0.15, 0.2) is 41.2 Å². The molecule has 0 spiro atoms. The minimum absolute atomic E-state index is 0.212. The molecule has 0 saturated carbocycles. The molecule has 1 atom stereocenters. The summed E-state index contributed by atoms with van der Waals surface area (Å²) >= 11 is 0. The van der Waals surface area contributed by atoms with Crippen LogP contribution in [0.25, 0.3) is 0 Å². The summed E-state index contributed by atoms with van der Waals surface area (Å²) in [5, 5.41) is 3.46. The van der Waals surface area contributed by atoms with Crippen molar-refractivity contribution in [1.82, 2.24) is 0 Å². The summed E-state index contributed by atoms with van der Waals surface area (Å²) in [7, 11) is 0. The fourth-order valence-electron chi connectivity index (χ4n) is 2.17. The van der Waals surface area contributed by atoms with Crippen LogP contribution in [0.1, 0.15) is 24.1 Å². The molecule has 0 aliphatic carbocycles. The van der Waals surface area contributed by atoms with Gasteiger partial charge in [-0.15, -0.1) is 0 Å². The molecule has 3 rings (SSSR count). The first-order valence-electron chi connectivity index (χ1n) is 5.88. The van der Waals surface area contributed by atoms with Crippen LogP contribution < -0.4 is 10.1 Å². The van der Waals surface area contributed by atoms with Crippen molar-refractivity contribution in [3.63, 3.8) is 0 Å². The van der Waals surface area contributed by atoms with E-state index in [0.717, 1.165) is 30.0 Å². The highest BCUT2D eigenvalue weighted by atomic mass is 16.5. The van der Waals surface area contributed by atoms with E-state index < -0.39 is 0 Å². The first kappa shape index (κ1) is 10.3. The molecular formula is C14H15NO2. The average molecular weight is 229 g/mol. The molecule has 1 N–H and O–H groups in total. The summed E-state index contributed by atoms with van der Waals surface area (Å²) in [4.78, 5) is 0. The molecule has 0 fully saturated rings. The summed E-state index contributed by atoms with van der Waals surface area (Å²) in [6.45, 7) is 2.90. The number of rotatable bonds is 3. The number of nitrogens with one attached hydrogen (secondary N) is 1. The number of benzene rings is 1. The maximum absolute atomic E-state index is 5.66. The molecule has 0 saturated heterocycles. The van der Waals surface area contributed by atoms with Crippen molar-refractivity contribution in [2.24, 2.45) is 0 Å². The lowest BCUT2D eigenvalue weighted by molar-refractivity contribution is 0.358. The maximum Gasteiger partial charge on any atom is 0.145 e. The highest BCUT2D eigenvalue weighted by Crippen LogP contribution is 2.35. The molecular weight excluding hydrogens is 214 g/mol. The van der Waals surface area contributed by atoms with Gasteiger partial charge in [0.2, 0.25) is 0 Å². The van der Waals surface area contributed by atoms with Gasteiger partial charge in [-0.2, -0.15) is 0 Å². The van der Waals surface area contributed by atoms with E-state index in [0.29, 0.717) is 0 Å². The van der Waals surface area contributed by atoms with Crippen molar-refractivity contribution in [1.29, 1.82) is 0 Å². The van der Waals surface area contributed by atoms with Gasteiger partial charge in [0.1, 0.15) is 5.75 Å². The molecule has 1 aromatic heterocycles. The van der Waals surface area contributed by atoms with Crippen LogP contribution in [0, 0.1) is 0 Å². The van der Waals surface area contributed by atoms with E-state index in [4.69, 9.17) is 9.15 Å². The van der Waals surface area contributed by atoms with Crippen LogP contribution >= 0.6 is 0 Å². The lowest BCUT2D eigenvalue weighted by atomic mass is 10.1.